The molecule has 1 aliphatic rings. The Morgan fingerprint density at radius 3 is 3.06 bits per heavy atom. The lowest BCUT2D eigenvalue weighted by Gasteiger charge is -2.31. The highest BCUT2D eigenvalue weighted by atomic mass is 16.1. The number of carbonyl (C=O) groups excluding carboxylic acids is 1. The molecule has 1 aromatic rings. The summed E-state index contributed by atoms with van der Waals surface area (Å²) < 4.78 is 1.83. The van der Waals surface area contributed by atoms with Crippen LogP contribution in [-0.2, 0) is 18.4 Å². The number of hydrogen-bond acceptors (Lipinski definition) is 3. The van der Waals surface area contributed by atoms with Gasteiger partial charge in [-0.3, -0.25) is 14.4 Å². The van der Waals surface area contributed by atoms with Gasteiger partial charge in [-0.25, -0.2) is 0 Å². The molecule has 4 nitrogen and oxygen atoms in total. The zero-order chi connectivity index (χ0) is 12.3. The lowest BCUT2D eigenvalue weighted by molar-refractivity contribution is -0.124. The van der Waals surface area contributed by atoms with Crippen molar-refractivity contribution in [2.75, 3.05) is 13.1 Å². The Hall–Kier alpha value is -1.16. The smallest absolute Gasteiger partial charge is 0.136 e. The van der Waals surface area contributed by atoms with Gasteiger partial charge in [0, 0.05) is 44.2 Å². The van der Waals surface area contributed by atoms with Gasteiger partial charge in [0.2, 0.25) is 0 Å². The molecule has 1 unspecified atom stereocenters. The molecule has 0 amide bonds. The van der Waals surface area contributed by atoms with E-state index in [0.717, 1.165) is 32.5 Å². The Bertz CT molecular complexity index is 386. The second-order valence-electron chi connectivity index (χ2n) is 4.92. The molecule has 4 heteroatoms. The molecule has 1 fully saturated rings. The fourth-order valence-electron chi connectivity index (χ4n) is 2.56. The van der Waals surface area contributed by atoms with Crippen molar-refractivity contribution in [1.82, 2.24) is 14.7 Å². The van der Waals surface area contributed by atoms with Gasteiger partial charge in [-0.1, -0.05) is 6.92 Å². The minimum atomic E-state index is 0.255. The molecule has 0 aliphatic carbocycles. The maximum atomic E-state index is 11.7. The van der Waals surface area contributed by atoms with Crippen LogP contribution in [0.2, 0.25) is 0 Å². The Kier molecular flexibility index (Phi) is 3.94. The van der Waals surface area contributed by atoms with E-state index in [0.29, 0.717) is 12.2 Å². The Balaban J connectivity index is 1.91. The maximum absolute atomic E-state index is 11.7. The van der Waals surface area contributed by atoms with Crippen molar-refractivity contribution in [3.8, 4) is 0 Å². The van der Waals surface area contributed by atoms with E-state index in [1.165, 1.54) is 5.56 Å². The number of aromatic nitrogens is 2. The molecule has 2 rings (SSSR count). The SMILES string of the molecule is CCC(=O)C1CCCN(Cc2cnn(C)c2)C1. The number of ketones is 1. The van der Waals surface area contributed by atoms with Gasteiger partial charge in [0.15, 0.2) is 0 Å². The van der Waals surface area contributed by atoms with Crippen molar-refractivity contribution < 1.29 is 4.79 Å². The van der Waals surface area contributed by atoms with E-state index < -0.39 is 0 Å². The quantitative estimate of drug-likeness (QED) is 0.796. The summed E-state index contributed by atoms with van der Waals surface area (Å²) in [6.45, 7) is 4.90. The van der Waals surface area contributed by atoms with Crippen LogP contribution in [0.1, 0.15) is 31.7 Å². The predicted octanol–water partition coefficient (Wildman–Crippen LogP) is 1.61. The predicted molar refractivity (Wildman–Crippen MR) is 66.5 cm³/mol. The van der Waals surface area contributed by atoms with Crippen LogP contribution in [0.25, 0.3) is 0 Å². The highest BCUT2D eigenvalue weighted by molar-refractivity contribution is 5.80. The summed E-state index contributed by atoms with van der Waals surface area (Å²) in [6, 6.07) is 0. The number of hydrogen-bond donors (Lipinski definition) is 0. The molecule has 0 radical (unpaired) electrons. The molecular weight excluding hydrogens is 214 g/mol. The average Bonchev–Trinajstić information content (AvgIpc) is 2.74. The molecule has 0 N–H and O–H groups in total. The van der Waals surface area contributed by atoms with Gasteiger partial charge in [0.25, 0.3) is 0 Å². The van der Waals surface area contributed by atoms with Crippen LogP contribution < -0.4 is 0 Å². The second kappa shape index (κ2) is 5.45. The number of carbonyl (C=O) groups is 1. The number of rotatable bonds is 4. The van der Waals surface area contributed by atoms with Gasteiger partial charge < -0.3 is 0 Å². The first-order chi connectivity index (χ1) is 8.19. The number of aryl methyl sites for hydroxylation is 1. The topological polar surface area (TPSA) is 38.1 Å². The van der Waals surface area contributed by atoms with E-state index in [-0.39, 0.29) is 5.92 Å². The van der Waals surface area contributed by atoms with Crippen LogP contribution in [0.15, 0.2) is 12.4 Å². The largest absolute Gasteiger partial charge is 0.299 e. The molecule has 2 heterocycles. The normalized spacial score (nSPS) is 21.6. The maximum Gasteiger partial charge on any atom is 0.136 e. The number of likely N-dealkylation sites (tertiary alicyclic amines) is 1. The fraction of sp³-hybridized carbons (Fsp3) is 0.692. The fourth-order valence-corrected chi connectivity index (χ4v) is 2.56. The third-order valence-electron chi connectivity index (χ3n) is 3.47. The molecule has 0 spiro atoms. The van der Waals surface area contributed by atoms with Crippen molar-refractivity contribution in [1.29, 1.82) is 0 Å². The summed E-state index contributed by atoms with van der Waals surface area (Å²) in [4.78, 5) is 14.1. The number of piperidine rings is 1. The minimum absolute atomic E-state index is 0.255. The van der Waals surface area contributed by atoms with Crippen molar-refractivity contribution in [2.24, 2.45) is 13.0 Å². The zero-order valence-corrected chi connectivity index (χ0v) is 10.7. The monoisotopic (exact) mass is 235 g/mol. The Labute approximate surface area is 103 Å². The summed E-state index contributed by atoms with van der Waals surface area (Å²) in [5.74, 6) is 0.673. The minimum Gasteiger partial charge on any atom is -0.299 e. The molecule has 1 saturated heterocycles. The van der Waals surface area contributed by atoms with Gasteiger partial charge >= 0.3 is 0 Å². The van der Waals surface area contributed by atoms with Gasteiger partial charge in [-0.2, -0.15) is 5.10 Å². The summed E-state index contributed by atoms with van der Waals surface area (Å²) in [6.07, 6.45) is 6.83. The average molecular weight is 235 g/mol. The van der Waals surface area contributed by atoms with Gasteiger partial charge in [-0.05, 0) is 19.4 Å². The van der Waals surface area contributed by atoms with E-state index in [2.05, 4.69) is 10.00 Å². The third kappa shape index (κ3) is 3.16. The van der Waals surface area contributed by atoms with Gasteiger partial charge in [-0.15, -0.1) is 0 Å². The van der Waals surface area contributed by atoms with Crippen LogP contribution in [-0.4, -0.2) is 33.6 Å². The van der Waals surface area contributed by atoms with Crippen LogP contribution in [0.5, 0.6) is 0 Å². The van der Waals surface area contributed by atoms with E-state index >= 15 is 0 Å². The van der Waals surface area contributed by atoms with E-state index in [1.807, 2.05) is 31.0 Å². The summed E-state index contributed by atoms with van der Waals surface area (Å²) in [5, 5.41) is 4.18. The lowest BCUT2D eigenvalue weighted by Crippen LogP contribution is -2.38. The first kappa shape index (κ1) is 12.3. The Morgan fingerprint density at radius 2 is 2.41 bits per heavy atom. The van der Waals surface area contributed by atoms with E-state index in [4.69, 9.17) is 0 Å². The van der Waals surface area contributed by atoms with Crippen molar-refractivity contribution in [3.05, 3.63) is 18.0 Å². The van der Waals surface area contributed by atoms with Crippen LogP contribution in [0, 0.1) is 5.92 Å². The molecule has 1 aliphatic heterocycles. The van der Waals surface area contributed by atoms with Crippen molar-refractivity contribution >= 4 is 5.78 Å². The standard InChI is InChI=1S/C13H21N3O/c1-3-13(17)12-5-4-6-16(10-12)9-11-7-14-15(2)8-11/h7-8,12H,3-6,9-10H2,1-2H3. The molecular formula is C13H21N3O. The highest BCUT2D eigenvalue weighted by Gasteiger charge is 2.24. The summed E-state index contributed by atoms with van der Waals surface area (Å²) in [7, 11) is 1.93. The molecule has 1 atom stereocenters. The first-order valence-corrected chi connectivity index (χ1v) is 6.41. The molecule has 17 heavy (non-hydrogen) atoms. The molecule has 0 saturated carbocycles. The second-order valence-corrected chi connectivity index (χ2v) is 4.92. The Morgan fingerprint density at radius 1 is 1.59 bits per heavy atom. The van der Waals surface area contributed by atoms with Gasteiger partial charge in [0.1, 0.15) is 5.78 Å². The molecule has 94 valence electrons. The first-order valence-electron chi connectivity index (χ1n) is 6.41. The summed E-state index contributed by atoms with van der Waals surface area (Å²) in [5.41, 5.74) is 1.23. The molecule has 0 bridgehead atoms. The molecule has 1 aromatic heterocycles. The van der Waals surface area contributed by atoms with Crippen LogP contribution >= 0.6 is 0 Å². The van der Waals surface area contributed by atoms with E-state index in [9.17, 15) is 4.79 Å². The third-order valence-corrected chi connectivity index (χ3v) is 3.47. The van der Waals surface area contributed by atoms with Gasteiger partial charge in [0.05, 0.1) is 6.20 Å². The number of Topliss-reactive ketones (excluding diaryl/α,β-unsaturated/α-hetero) is 1. The van der Waals surface area contributed by atoms with E-state index in [1.54, 1.807) is 0 Å². The van der Waals surface area contributed by atoms with Crippen LogP contribution in [0.4, 0.5) is 0 Å². The lowest BCUT2D eigenvalue weighted by atomic mass is 9.92. The zero-order valence-electron chi connectivity index (χ0n) is 10.7. The molecule has 0 aromatic carbocycles. The van der Waals surface area contributed by atoms with Crippen LogP contribution in [0.3, 0.4) is 0 Å². The van der Waals surface area contributed by atoms with Crippen molar-refractivity contribution in [3.63, 3.8) is 0 Å². The highest BCUT2D eigenvalue weighted by Crippen LogP contribution is 2.20. The number of nitrogens with zero attached hydrogens (tertiary/aromatic N) is 3. The summed E-state index contributed by atoms with van der Waals surface area (Å²) >= 11 is 0. The van der Waals surface area contributed by atoms with Crippen molar-refractivity contribution in [2.45, 2.75) is 32.7 Å².